The van der Waals surface area contributed by atoms with E-state index in [1.54, 1.807) is 0 Å². The van der Waals surface area contributed by atoms with Crippen LogP contribution in [0.3, 0.4) is 0 Å². The van der Waals surface area contributed by atoms with Gasteiger partial charge in [-0.05, 0) is 36.6 Å². The minimum Gasteiger partial charge on any atom is -0.253 e. The Kier molecular flexibility index (Phi) is 3.03. The Hall–Kier alpha value is -2.06. The van der Waals surface area contributed by atoms with Crippen LogP contribution < -0.4 is 0 Å². The molecule has 0 bridgehead atoms. The minimum absolute atomic E-state index is 0.490. The highest BCUT2D eigenvalue weighted by molar-refractivity contribution is 5.82. The topological polar surface area (TPSA) is 61.7 Å². The molecule has 0 atom stereocenters. The fourth-order valence-electron chi connectivity index (χ4n) is 1.82. The normalized spacial score (nSPS) is 10.1. The van der Waals surface area contributed by atoms with Crippen LogP contribution in [0.5, 0.6) is 0 Å². The van der Waals surface area contributed by atoms with Gasteiger partial charge in [0.05, 0.1) is 5.52 Å². The molecule has 0 radical (unpaired) electrons. The maximum atomic E-state index is 8.26. The molecular formula is C12H12N4. The van der Waals surface area contributed by atoms with Gasteiger partial charge in [0.15, 0.2) is 0 Å². The lowest BCUT2D eigenvalue weighted by molar-refractivity contribution is 0.958. The molecule has 1 aromatic heterocycles. The molecule has 80 valence electrons. The van der Waals surface area contributed by atoms with Crippen LogP contribution in [-0.2, 0) is 6.42 Å². The highest BCUT2D eigenvalue weighted by atomic mass is 15.1. The molecule has 0 unspecified atom stereocenters. The average Bonchev–Trinajstić information content (AvgIpc) is 2.29. The quantitative estimate of drug-likeness (QED) is 0.437. The summed E-state index contributed by atoms with van der Waals surface area (Å²) in [6, 6.07) is 10.1. The largest absolute Gasteiger partial charge is 0.253 e. The SMILES string of the molecule is Cc1cc(CCN=[N+]=[N-])c2ccccc2n1. The average molecular weight is 212 g/mol. The van der Waals surface area contributed by atoms with Crippen LogP contribution in [0, 0.1) is 6.92 Å². The zero-order valence-corrected chi connectivity index (χ0v) is 9.09. The fraction of sp³-hybridized carbons (Fsp3) is 0.250. The van der Waals surface area contributed by atoms with Crippen LogP contribution in [-0.4, -0.2) is 11.5 Å². The maximum absolute atomic E-state index is 8.26. The number of rotatable bonds is 3. The van der Waals surface area contributed by atoms with Gasteiger partial charge < -0.3 is 0 Å². The van der Waals surface area contributed by atoms with E-state index in [-0.39, 0.29) is 0 Å². The van der Waals surface area contributed by atoms with Crippen LogP contribution >= 0.6 is 0 Å². The first kappa shape index (κ1) is 10.5. The van der Waals surface area contributed by atoms with Gasteiger partial charge in [-0.3, -0.25) is 4.98 Å². The van der Waals surface area contributed by atoms with Gasteiger partial charge in [0.1, 0.15) is 0 Å². The van der Waals surface area contributed by atoms with Crippen molar-refractivity contribution in [1.29, 1.82) is 0 Å². The number of benzene rings is 1. The molecule has 1 heterocycles. The molecule has 2 rings (SSSR count). The second kappa shape index (κ2) is 4.64. The molecule has 0 spiro atoms. The monoisotopic (exact) mass is 212 g/mol. The van der Waals surface area contributed by atoms with Gasteiger partial charge in [0.25, 0.3) is 0 Å². The van der Waals surface area contributed by atoms with Crippen LogP contribution in [0.15, 0.2) is 35.4 Å². The molecule has 0 aliphatic carbocycles. The van der Waals surface area contributed by atoms with Crippen molar-refractivity contribution in [3.8, 4) is 0 Å². The lowest BCUT2D eigenvalue weighted by Crippen LogP contribution is -1.94. The van der Waals surface area contributed by atoms with Crippen molar-refractivity contribution in [3.63, 3.8) is 0 Å². The molecular weight excluding hydrogens is 200 g/mol. The summed E-state index contributed by atoms with van der Waals surface area (Å²) < 4.78 is 0. The summed E-state index contributed by atoms with van der Waals surface area (Å²) in [5.41, 5.74) is 11.4. The third kappa shape index (κ3) is 2.12. The number of nitrogens with zero attached hydrogens (tertiary/aromatic N) is 4. The molecule has 0 aliphatic rings. The summed E-state index contributed by atoms with van der Waals surface area (Å²) in [4.78, 5) is 7.22. The summed E-state index contributed by atoms with van der Waals surface area (Å²) in [5.74, 6) is 0. The number of para-hydroxylation sites is 1. The zero-order valence-electron chi connectivity index (χ0n) is 9.09. The lowest BCUT2D eigenvalue weighted by atomic mass is 10.1. The van der Waals surface area contributed by atoms with E-state index in [1.807, 2.05) is 31.2 Å². The Bertz CT molecular complexity index is 556. The summed E-state index contributed by atoms with van der Waals surface area (Å²) in [7, 11) is 0. The van der Waals surface area contributed by atoms with E-state index in [1.165, 1.54) is 5.56 Å². The minimum atomic E-state index is 0.490. The third-order valence-corrected chi connectivity index (χ3v) is 2.47. The summed E-state index contributed by atoms with van der Waals surface area (Å²) in [6.07, 6.45) is 0.758. The Morgan fingerprint density at radius 1 is 1.38 bits per heavy atom. The smallest absolute Gasteiger partial charge is 0.0707 e. The van der Waals surface area contributed by atoms with E-state index < -0.39 is 0 Å². The molecule has 4 nitrogen and oxygen atoms in total. The van der Waals surface area contributed by atoms with Crippen molar-refractivity contribution in [2.24, 2.45) is 5.11 Å². The van der Waals surface area contributed by atoms with Crippen LogP contribution in [0.2, 0.25) is 0 Å². The molecule has 0 N–H and O–H groups in total. The van der Waals surface area contributed by atoms with Gasteiger partial charge in [0, 0.05) is 22.5 Å². The molecule has 0 fully saturated rings. The lowest BCUT2D eigenvalue weighted by Gasteiger charge is -2.05. The van der Waals surface area contributed by atoms with Gasteiger partial charge >= 0.3 is 0 Å². The number of hydrogen-bond acceptors (Lipinski definition) is 2. The number of aryl methyl sites for hydroxylation is 1. The van der Waals surface area contributed by atoms with Crippen LogP contribution in [0.4, 0.5) is 0 Å². The molecule has 0 saturated heterocycles. The number of fused-ring (bicyclic) bond motifs is 1. The van der Waals surface area contributed by atoms with E-state index in [9.17, 15) is 0 Å². The van der Waals surface area contributed by atoms with Crippen molar-refractivity contribution in [1.82, 2.24) is 4.98 Å². The zero-order chi connectivity index (χ0) is 11.4. The maximum Gasteiger partial charge on any atom is 0.0707 e. The van der Waals surface area contributed by atoms with Gasteiger partial charge in [-0.1, -0.05) is 23.3 Å². The van der Waals surface area contributed by atoms with Crippen molar-refractivity contribution in [2.75, 3.05) is 6.54 Å². The first-order valence-electron chi connectivity index (χ1n) is 5.17. The Morgan fingerprint density at radius 3 is 3.00 bits per heavy atom. The van der Waals surface area contributed by atoms with Gasteiger partial charge in [-0.15, -0.1) is 0 Å². The molecule has 2 aromatic rings. The van der Waals surface area contributed by atoms with E-state index in [0.717, 1.165) is 23.0 Å². The molecule has 0 amide bonds. The Balaban J connectivity index is 2.45. The van der Waals surface area contributed by atoms with Crippen molar-refractivity contribution < 1.29 is 0 Å². The predicted molar refractivity (Wildman–Crippen MR) is 64.2 cm³/mol. The van der Waals surface area contributed by atoms with E-state index in [0.29, 0.717) is 6.54 Å². The molecule has 0 aliphatic heterocycles. The second-order valence-electron chi connectivity index (χ2n) is 3.64. The van der Waals surface area contributed by atoms with E-state index >= 15 is 0 Å². The predicted octanol–water partition coefficient (Wildman–Crippen LogP) is 3.40. The van der Waals surface area contributed by atoms with Crippen LogP contribution in [0.25, 0.3) is 21.3 Å². The number of azide groups is 1. The second-order valence-corrected chi connectivity index (χ2v) is 3.64. The number of pyridine rings is 1. The molecule has 16 heavy (non-hydrogen) atoms. The Labute approximate surface area is 93.6 Å². The highest BCUT2D eigenvalue weighted by Gasteiger charge is 2.02. The number of hydrogen-bond donors (Lipinski definition) is 0. The van der Waals surface area contributed by atoms with Gasteiger partial charge in [-0.25, -0.2) is 0 Å². The van der Waals surface area contributed by atoms with Crippen LogP contribution in [0.1, 0.15) is 11.3 Å². The molecule has 0 saturated carbocycles. The van der Waals surface area contributed by atoms with Crippen molar-refractivity contribution >= 4 is 10.9 Å². The highest BCUT2D eigenvalue weighted by Crippen LogP contribution is 2.18. The van der Waals surface area contributed by atoms with Crippen molar-refractivity contribution in [2.45, 2.75) is 13.3 Å². The van der Waals surface area contributed by atoms with Gasteiger partial charge in [-0.2, -0.15) is 0 Å². The summed E-state index contributed by atoms with van der Waals surface area (Å²) in [6.45, 7) is 2.47. The third-order valence-electron chi connectivity index (χ3n) is 2.47. The number of aromatic nitrogens is 1. The standard InChI is InChI=1S/C12H12N4/c1-9-8-10(6-7-14-16-13)11-4-2-3-5-12(11)15-9/h2-5,8H,6-7H2,1H3. The van der Waals surface area contributed by atoms with E-state index in [4.69, 9.17) is 5.53 Å². The summed E-state index contributed by atoms with van der Waals surface area (Å²) >= 11 is 0. The fourth-order valence-corrected chi connectivity index (χ4v) is 1.82. The molecule has 1 aromatic carbocycles. The first-order valence-corrected chi connectivity index (χ1v) is 5.17. The molecule has 4 heteroatoms. The Morgan fingerprint density at radius 2 is 2.19 bits per heavy atom. The van der Waals surface area contributed by atoms with Gasteiger partial charge in [0.2, 0.25) is 0 Å². The summed E-state index contributed by atoms with van der Waals surface area (Å²) in [5, 5.41) is 4.70. The van der Waals surface area contributed by atoms with E-state index in [2.05, 4.69) is 21.1 Å². The first-order chi connectivity index (χ1) is 7.81. The van der Waals surface area contributed by atoms with Crippen molar-refractivity contribution in [3.05, 3.63) is 52.0 Å².